The van der Waals surface area contributed by atoms with E-state index in [-0.39, 0.29) is 0 Å². The summed E-state index contributed by atoms with van der Waals surface area (Å²) in [5, 5.41) is 15.4. The zero-order valence-electron chi connectivity index (χ0n) is 4.94. The summed E-state index contributed by atoms with van der Waals surface area (Å²) in [6.07, 6.45) is -3.10. The van der Waals surface area contributed by atoms with Gasteiger partial charge in [0.2, 0.25) is 0 Å². The van der Waals surface area contributed by atoms with Crippen LogP contribution in [0.5, 0.6) is 0 Å². The number of hydrogen-bond acceptors (Lipinski definition) is 9. The van der Waals surface area contributed by atoms with Gasteiger partial charge in [-0.25, -0.2) is 9.59 Å². The van der Waals surface area contributed by atoms with Crippen molar-refractivity contribution in [2.45, 2.75) is 0 Å². The first-order chi connectivity index (χ1) is 5.20. The Morgan fingerprint density at radius 3 is 1.64 bits per heavy atom. The Balaban J connectivity index is 3.49. The molecule has 64 valence electrons. The first kappa shape index (κ1) is 9.58. The molecule has 0 bridgehead atoms. The van der Waals surface area contributed by atoms with Crippen LogP contribution in [0.15, 0.2) is 0 Å². The summed E-state index contributed by atoms with van der Waals surface area (Å²) in [4.78, 5) is 27.1. The first-order valence-corrected chi connectivity index (χ1v) is 2.08. The molecule has 0 aromatic carbocycles. The second-order valence-corrected chi connectivity index (χ2v) is 0.989. The van der Waals surface area contributed by atoms with Crippen molar-refractivity contribution in [3.05, 3.63) is 0 Å². The summed E-state index contributed by atoms with van der Waals surface area (Å²) < 4.78 is 3.56. The van der Waals surface area contributed by atoms with E-state index in [1.54, 1.807) is 0 Å². The summed E-state index contributed by atoms with van der Waals surface area (Å²) in [7, 11) is 0. The zero-order valence-corrected chi connectivity index (χ0v) is 4.94. The minimum Gasteiger partial charge on any atom is -0.325 e. The standard InChI is InChI=1S/C2H4N2O7/c5-1(10-3-7)9-2(6)11-4-8/h3-4,7-8H. The minimum absolute atomic E-state index is 0.950. The second kappa shape index (κ2) is 5.37. The van der Waals surface area contributed by atoms with Crippen LogP contribution in [0, 0.1) is 0 Å². The molecule has 0 aromatic heterocycles. The third-order valence-electron chi connectivity index (χ3n) is 0.425. The number of ether oxygens (including phenoxy) is 1. The fourth-order valence-electron chi connectivity index (χ4n) is 0.184. The van der Waals surface area contributed by atoms with Gasteiger partial charge in [-0.2, -0.15) is 0 Å². The van der Waals surface area contributed by atoms with Gasteiger partial charge < -0.3 is 14.4 Å². The molecule has 0 unspecified atom stereocenters. The molecule has 9 nitrogen and oxygen atoms in total. The lowest BCUT2D eigenvalue weighted by Gasteiger charge is -1.99. The fraction of sp³-hybridized carbons (Fsp3) is 0. The summed E-state index contributed by atoms with van der Waals surface area (Å²) in [5.74, 6) is 0. The van der Waals surface area contributed by atoms with Gasteiger partial charge in [-0.05, 0) is 11.3 Å². The van der Waals surface area contributed by atoms with Gasteiger partial charge in [0.05, 0.1) is 0 Å². The van der Waals surface area contributed by atoms with Crippen LogP contribution in [0.2, 0.25) is 0 Å². The van der Waals surface area contributed by atoms with Crippen molar-refractivity contribution in [2.75, 3.05) is 0 Å². The van der Waals surface area contributed by atoms with Crippen LogP contribution in [0.1, 0.15) is 0 Å². The van der Waals surface area contributed by atoms with Gasteiger partial charge >= 0.3 is 12.3 Å². The van der Waals surface area contributed by atoms with E-state index in [1.165, 1.54) is 0 Å². The van der Waals surface area contributed by atoms with Crippen molar-refractivity contribution in [1.29, 1.82) is 0 Å². The van der Waals surface area contributed by atoms with Gasteiger partial charge in [0.1, 0.15) is 0 Å². The Morgan fingerprint density at radius 1 is 1.00 bits per heavy atom. The van der Waals surface area contributed by atoms with Crippen LogP contribution in [-0.4, -0.2) is 22.7 Å². The third-order valence-corrected chi connectivity index (χ3v) is 0.425. The summed E-state index contributed by atoms with van der Waals surface area (Å²) in [5.41, 5.74) is 1.90. The van der Waals surface area contributed by atoms with E-state index in [0.717, 1.165) is 11.3 Å². The lowest BCUT2D eigenvalue weighted by Crippen LogP contribution is -2.23. The molecule has 0 amide bonds. The summed E-state index contributed by atoms with van der Waals surface area (Å²) in [6, 6.07) is 0. The van der Waals surface area contributed by atoms with Crippen LogP contribution < -0.4 is 11.3 Å². The SMILES string of the molecule is O=C(ONO)OC(=O)ONO. The van der Waals surface area contributed by atoms with E-state index in [1.807, 2.05) is 0 Å². The van der Waals surface area contributed by atoms with E-state index in [2.05, 4.69) is 14.4 Å². The predicted octanol–water partition coefficient (Wildman–Crippen LogP) is -0.936. The van der Waals surface area contributed by atoms with Gasteiger partial charge in [-0.3, -0.25) is 10.4 Å². The highest BCUT2D eigenvalue weighted by molar-refractivity contribution is 5.76. The van der Waals surface area contributed by atoms with Gasteiger partial charge in [0, 0.05) is 0 Å². The molecule has 0 fully saturated rings. The van der Waals surface area contributed by atoms with E-state index >= 15 is 0 Å². The van der Waals surface area contributed by atoms with Gasteiger partial charge in [-0.1, -0.05) is 0 Å². The lowest BCUT2D eigenvalue weighted by molar-refractivity contribution is -0.121. The maximum Gasteiger partial charge on any atom is 0.540 e. The predicted molar refractivity (Wildman–Crippen MR) is 23.9 cm³/mol. The fourth-order valence-corrected chi connectivity index (χ4v) is 0.184. The van der Waals surface area contributed by atoms with E-state index in [0.29, 0.717) is 0 Å². The smallest absolute Gasteiger partial charge is 0.325 e. The molecule has 0 rings (SSSR count). The molecule has 0 atom stereocenters. The quantitative estimate of drug-likeness (QED) is 0.234. The molecule has 0 aliphatic heterocycles. The minimum atomic E-state index is -1.55. The largest absolute Gasteiger partial charge is 0.540 e. The summed E-state index contributed by atoms with van der Waals surface area (Å²) >= 11 is 0. The van der Waals surface area contributed by atoms with Crippen molar-refractivity contribution in [3.8, 4) is 0 Å². The Hall–Kier alpha value is -1.42. The van der Waals surface area contributed by atoms with Crippen molar-refractivity contribution in [3.63, 3.8) is 0 Å². The van der Waals surface area contributed by atoms with E-state index in [4.69, 9.17) is 10.4 Å². The first-order valence-electron chi connectivity index (χ1n) is 2.08. The Bertz CT molecular complexity index is 129. The van der Waals surface area contributed by atoms with Gasteiger partial charge in [-0.15, -0.1) is 0 Å². The molecular formula is C2H4N2O7. The van der Waals surface area contributed by atoms with Crippen molar-refractivity contribution in [2.24, 2.45) is 0 Å². The lowest BCUT2D eigenvalue weighted by atomic mass is 11.3. The molecule has 4 N–H and O–H groups in total. The third kappa shape index (κ3) is 5.05. The van der Waals surface area contributed by atoms with Gasteiger partial charge in [0.15, 0.2) is 0 Å². The maximum atomic E-state index is 10.1. The molecule has 0 saturated heterocycles. The number of rotatable bonds is 2. The van der Waals surface area contributed by atoms with E-state index < -0.39 is 12.3 Å². The van der Waals surface area contributed by atoms with Crippen molar-refractivity contribution >= 4 is 12.3 Å². The molecule has 0 aromatic rings. The average molecular weight is 168 g/mol. The number of hydrogen-bond donors (Lipinski definition) is 4. The average Bonchev–Trinajstić information content (AvgIpc) is 1.87. The van der Waals surface area contributed by atoms with Crippen LogP contribution in [-0.2, 0) is 14.4 Å². The monoisotopic (exact) mass is 168 g/mol. The van der Waals surface area contributed by atoms with Crippen molar-refractivity contribution < 1.29 is 34.4 Å². The van der Waals surface area contributed by atoms with Crippen LogP contribution in [0.4, 0.5) is 9.59 Å². The molecule has 9 heteroatoms. The highest BCUT2D eigenvalue weighted by atomic mass is 17.0. The highest BCUT2D eigenvalue weighted by Gasteiger charge is 2.12. The van der Waals surface area contributed by atoms with E-state index in [9.17, 15) is 9.59 Å². The topological polar surface area (TPSA) is 126 Å². The highest BCUT2D eigenvalue weighted by Crippen LogP contribution is 1.84. The Labute approximate surface area is 59.3 Å². The molecule has 11 heavy (non-hydrogen) atoms. The normalized spacial score (nSPS) is 8.55. The molecular weight excluding hydrogens is 164 g/mol. The molecule has 0 spiro atoms. The number of carbonyl (C=O) groups is 2. The number of nitrogens with one attached hydrogen (secondary N) is 2. The second-order valence-electron chi connectivity index (χ2n) is 0.989. The molecule has 0 saturated carbocycles. The zero-order chi connectivity index (χ0) is 8.69. The Morgan fingerprint density at radius 2 is 1.36 bits per heavy atom. The van der Waals surface area contributed by atoms with Crippen LogP contribution >= 0.6 is 0 Å². The van der Waals surface area contributed by atoms with Crippen LogP contribution in [0.25, 0.3) is 0 Å². The summed E-state index contributed by atoms with van der Waals surface area (Å²) in [6.45, 7) is 0. The maximum absolute atomic E-state index is 10.1. The molecule has 0 radical (unpaired) electrons. The van der Waals surface area contributed by atoms with Crippen LogP contribution in [0.3, 0.4) is 0 Å². The Kier molecular flexibility index (Phi) is 4.68. The molecule has 0 heterocycles. The van der Waals surface area contributed by atoms with Crippen molar-refractivity contribution in [1.82, 2.24) is 11.3 Å². The number of carbonyl (C=O) groups excluding carboxylic acids is 2. The molecule has 0 aliphatic rings. The molecule has 0 aliphatic carbocycles. The van der Waals surface area contributed by atoms with Gasteiger partial charge in [0.25, 0.3) is 0 Å².